The Kier molecular flexibility index (Phi) is 4.18. The lowest BCUT2D eigenvalue weighted by Crippen LogP contribution is -2.06. The van der Waals surface area contributed by atoms with E-state index < -0.39 is 0 Å². The average molecular weight is 248 g/mol. The van der Waals surface area contributed by atoms with Crippen LogP contribution in [0.1, 0.15) is 6.42 Å². The van der Waals surface area contributed by atoms with Crippen molar-refractivity contribution in [1.82, 2.24) is 0 Å². The Labute approximate surface area is 85.0 Å². The molecule has 0 aliphatic rings. The SMILES string of the molecule is NCCCOc1ccc(Br)cc1F. The summed E-state index contributed by atoms with van der Waals surface area (Å²) in [6, 6.07) is 4.70. The highest BCUT2D eigenvalue weighted by Crippen LogP contribution is 2.21. The second kappa shape index (κ2) is 5.19. The first-order chi connectivity index (χ1) is 6.24. The molecule has 0 fully saturated rings. The number of hydrogen-bond donors (Lipinski definition) is 1. The Bertz CT molecular complexity index is 280. The van der Waals surface area contributed by atoms with Crippen LogP contribution >= 0.6 is 15.9 Å². The van der Waals surface area contributed by atoms with E-state index in [-0.39, 0.29) is 11.6 Å². The molecule has 0 atom stereocenters. The van der Waals surface area contributed by atoms with Crippen molar-refractivity contribution >= 4 is 15.9 Å². The summed E-state index contributed by atoms with van der Waals surface area (Å²) in [5, 5.41) is 0. The Morgan fingerprint density at radius 3 is 2.85 bits per heavy atom. The van der Waals surface area contributed by atoms with Crippen LogP contribution in [0.25, 0.3) is 0 Å². The molecule has 0 heterocycles. The van der Waals surface area contributed by atoms with Crippen LogP contribution in [0.5, 0.6) is 5.75 Å². The Morgan fingerprint density at radius 1 is 1.46 bits per heavy atom. The van der Waals surface area contributed by atoms with Gasteiger partial charge in [0.2, 0.25) is 0 Å². The highest BCUT2D eigenvalue weighted by atomic mass is 79.9. The largest absolute Gasteiger partial charge is 0.490 e. The van der Waals surface area contributed by atoms with Crippen LogP contribution in [-0.2, 0) is 0 Å². The molecule has 1 aromatic rings. The first-order valence-electron chi connectivity index (χ1n) is 4.02. The number of halogens is 2. The van der Waals surface area contributed by atoms with Gasteiger partial charge in [-0.3, -0.25) is 0 Å². The predicted molar refractivity (Wildman–Crippen MR) is 53.3 cm³/mol. The van der Waals surface area contributed by atoms with Crippen molar-refractivity contribution in [2.45, 2.75) is 6.42 Å². The standard InChI is InChI=1S/C9H11BrFNO/c10-7-2-3-9(8(11)6-7)13-5-1-4-12/h2-3,6H,1,4-5,12H2. The van der Waals surface area contributed by atoms with Crippen molar-refractivity contribution < 1.29 is 9.13 Å². The van der Waals surface area contributed by atoms with Gasteiger partial charge in [-0.05, 0) is 31.2 Å². The second-order valence-corrected chi connectivity index (χ2v) is 3.48. The fourth-order valence-electron chi connectivity index (χ4n) is 0.858. The summed E-state index contributed by atoms with van der Waals surface area (Å²) in [4.78, 5) is 0. The van der Waals surface area contributed by atoms with Crippen molar-refractivity contribution in [2.75, 3.05) is 13.2 Å². The van der Waals surface area contributed by atoms with Gasteiger partial charge < -0.3 is 10.5 Å². The Balaban J connectivity index is 2.56. The zero-order valence-electron chi connectivity index (χ0n) is 7.09. The maximum Gasteiger partial charge on any atom is 0.166 e. The molecule has 2 N–H and O–H groups in total. The summed E-state index contributed by atoms with van der Waals surface area (Å²) in [5.74, 6) is -0.0805. The fourth-order valence-corrected chi connectivity index (χ4v) is 1.19. The third-order valence-electron chi connectivity index (χ3n) is 1.50. The maximum absolute atomic E-state index is 13.1. The second-order valence-electron chi connectivity index (χ2n) is 2.57. The Morgan fingerprint density at radius 2 is 2.23 bits per heavy atom. The van der Waals surface area contributed by atoms with E-state index in [9.17, 15) is 4.39 Å². The summed E-state index contributed by atoms with van der Waals surface area (Å²) in [5.41, 5.74) is 5.27. The minimum atomic E-state index is -0.355. The van der Waals surface area contributed by atoms with Crippen molar-refractivity contribution in [1.29, 1.82) is 0 Å². The molecule has 0 saturated carbocycles. The lowest BCUT2D eigenvalue weighted by molar-refractivity contribution is 0.297. The summed E-state index contributed by atoms with van der Waals surface area (Å²) < 4.78 is 19.0. The Hall–Kier alpha value is -0.610. The van der Waals surface area contributed by atoms with Crippen molar-refractivity contribution in [3.8, 4) is 5.75 Å². The molecule has 0 spiro atoms. The van der Waals surface area contributed by atoms with Crippen molar-refractivity contribution in [3.63, 3.8) is 0 Å². The van der Waals surface area contributed by atoms with Crippen LogP contribution in [0, 0.1) is 5.82 Å². The van der Waals surface area contributed by atoms with Crippen LogP contribution in [0.15, 0.2) is 22.7 Å². The molecule has 0 aromatic heterocycles. The lowest BCUT2D eigenvalue weighted by atomic mass is 10.3. The van der Waals surface area contributed by atoms with E-state index in [0.717, 1.165) is 6.42 Å². The first kappa shape index (κ1) is 10.5. The predicted octanol–water partition coefficient (Wildman–Crippen LogP) is 2.32. The topological polar surface area (TPSA) is 35.2 Å². The van der Waals surface area contributed by atoms with Crippen LogP contribution in [0.4, 0.5) is 4.39 Å². The zero-order valence-corrected chi connectivity index (χ0v) is 8.68. The van der Waals surface area contributed by atoms with Crippen LogP contribution < -0.4 is 10.5 Å². The molecule has 0 aliphatic heterocycles. The summed E-state index contributed by atoms with van der Waals surface area (Å²) in [6.07, 6.45) is 0.732. The van der Waals surface area contributed by atoms with Gasteiger partial charge in [-0.2, -0.15) is 0 Å². The summed E-state index contributed by atoms with van der Waals surface area (Å²) in [6.45, 7) is 1.01. The minimum Gasteiger partial charge on any atom is -0.490 e. The van der Waals surface area contributed by atoms with Gasteiger partial charge in [-0.25, -0.2) is 4.39 Å². The average Bonchev–Trinajstić information content (AvgIpc) is 2.09. The van der Waals surface area contributed by atoms with Gasteiger partial charge in [0.05, 0.1) is 6.61 Å². The van der Waals surface area contributed by atoms with Crippen molar-refractivity contribution in [3.05, 3.63) is 28.5 Å². The molecular formula is C9H11BrFNO. The molecule has 4 heteroatoms. The van der Waals surface area contributed by atoms with Crippen LogP contribution in [-0.4, -0.2) is 13.2 Å². The molecule has 0 bridgehead atoms. The molecule has 1 rings (SSSR count). The van der Waals surface area contributed by atoms with E-state index >= 15 is 0 Å². The molecule has 0 radical (unpaired) electrons. The molecule has 0 aliphatic carbocycles. The van der Waals surface area contributed by atoms with Gasteiger partial charge >= 0.3 is 0 Å². The molecule has 72 valence electrons. The molecule has 0 amide bonds. The normalized spacial score (nSPS) is 10.1. The van der Waals surface area contributed by atoms with E-state index in [4.69, 9.17) is 10.5 Å². The number of rotatable bonds is 4. The first-order valence-corrected chi connectivity index (χ1v) is 4.81. The van der Waals surface area contributed by atoms with Gasteiger partial charge in [-0.1, -0.05) is 15.9 Å². The van der Waals surface area contributed by atoms with Gasteiger partial charge in [0, 0.05) is 4.47 Å². The van der Waals surface area contributed by atoms with E-state index in [1.807, 2.05) is 0 Å². The van der Waals surface area contributed by atoms with Gasteiger partial charge in [-0.15, -0.1) is 0 Å². The minimum absolute atomic E-state index is 0.275. The highest BCUT2D eigenvalue weighted by molar-refractivity contribution is 9.10. The molecule has 0 unspecified atom stereocenters. The third-order valence-corrected chi connectivity index (χ3v) is 1.99. The molecule has 1 aromatic carbocycles. The highest BCUT2D eigenvalue weighted by Gasteiger charge is 2.02. The smallest absolute Gasteiger partial charge is 0.166 e. The van der Waals surface area contributed by atoms with Gasteiger partial charge in [0.1, 0.15) is 0 Å². The van der Waals surface area contributed by atoms with Gasteiger partial charge in [0.25, 0.3) is 0 Å². The lowest BCUT2D eigenvalue weighted by Gasteiger charge is -2.05. The number of nitrogens with two attached hydrogens (primary N) is 1. The molecule has 13 heavy (non-hydrogen) atoms. The third kappa shape index (κ3) is 3.32. The van der Waals surface area contributed by atoms with Crippen molar-refractivity contribution in [2.24, 2.45) is 5.73 Å². The summed E-state index contributed by atoms with van der Waals surface area (Å²) >= 11 is 3.16. The molecule has 2 nitrogen and oxygen atoms in total. The van der Waals surface area contributed by atoms with E-state index in [0.29, 0.717) is 17.6 Å². The quantitative estimate of drug-likeness (QED) is 0.830. The fraction of sp³-hybridized carbons (Fsp3) is 0.333. The van der Waals surface area contributed by atoms with E-state index in [1.54, 1.807) is 12.1 Å². The number of hydrogen-bond acceptors (Lipinski definition) is 2. The monoisotopic (exact) mass is 247 g/mol. The van der Waals surface area contributed by atoms with E-state index in [2.05, 4.69) is 15.9 Å². The zero-order chi connectivity index (χ0) is 9.68. The van der Waals surface area contributed by atoms with Crippen LogP contribution in [0.2, 0.25) is 0 Å². The number of ether oxygens (including phenoxy) is 1. The maximum atomic E-state index is 13.1. The number of benzene rings is 1. The van der Waals surface area contributed by atoms with Crippen LogP contribution in [0.3, 0.4) is 0 Å². The van der Waals surface area contributed by atoms with Gasteiger partial charge in [0.15, 0.2) is 11.6 Å². The summed E-state index contributed by atoms with van der Waals surface area (Å²) in [7, 11) is 0. The van der Waals surface area contributed by atoms with E-state index in [1.165, 1.54) is 6.07 Å². The molecule has 0 saturated heterocycles. The molecular weight excluding hydrogens is 237 g/mol.